The van der Waals surface area contributed by atoms with Crippen LogP contribution in [0.25, 0.3) is 0 Å². The first kappa shape index (κ1) is 9.43. The predicted octanol–water partition coefficient (Wildman–Crippen LogP) is 1.97. The Balaban J connectivity index is 2.69. The molecule has 2 heteroatoms. The van der Waals surface area contributed by atoms with E-state index in [2.05, 4.69) is 6.92 Å². The van der Waals surface area contributed by atoms with Gasteiger partial charge in [0.05, 0.1) is 6.42 Å². The average molecular weight is 168 g/mol. The third-order valence-electron chi connectivity index (χ3n) is 2.81. The second kappa shape index (κ2) is 3.83. The molecule has 0 aromatic rings. The molecule has 1 saturated carbocycles. The van der Waals surface area contributed by atoms with Crippen LogP contribution in [0.2, 0.25) is 0 Å². The molecule has 0 aliphatic heterocycles. The number of rotatable bonds is 2. The molecule has 0 bridgehead atoms. The highest BCUT2D eigenvalue weighted by Gasteiger charge is 2.33. The molecule has 0 amide bonds. The molecule has 0 N–H and O–H groups in total. The zero-order chi connectivity index (χ0) is 9.14. The van der Waals surface area contributed by atoms with E-state index in [1.54, 1.807) is 0 Å². The summed E-state index contributed by atoms with van der Waals surface area (Å²) < 4.78 is 0. The maximum Gasteiger partial charge on any atom is 0.143 e. The van der Waals surface area contributed by atoms with E-state index in [0.29, 0.717) is 12.3 Å². The van der Waals surface area contributed by atoms with Gasteiger partial charge in [-0.2, -0.15) is 0 Å². The lowest BCUT2D eigenvalue weighted by Gasteiger charge is -2.27. The summed E-state index contributed by atoms with van der Waals surface area (Å²) in [6.45, 7) is 4.08. The molecular formula is C10H16O2. The fraction of sp³-hybridized carbons (Fsp3) is 0.800. The lowest BCUT2D eigenvalue weighted by molar-refractivity contribution is -0.135. The van der Waals surface area contributed by atoms with Gasteiger partial charge in [-0.05, 0) is 12.3 Å². The molecule has 1 unspecified atom stereocenters. The van der Waals surface area contributed by atoms with Gasteiger partial charge < -0.3 is 0 Å². The van der Waals surface area contributed by atoms with Gasteiger partial charge in [0.1, 0.15) is 11.6 Å². The second-order valence-corrected chi connectivity index (χ2v) is 3.57. The molecule has 0 heterocycles. The fourth-order valence-corrected chi connectivity index (χ4v) is 2.09. The van der Waals surface area contributed by atoms with Gasteiger partial charge in [-0.25, -0.2) is 0 Å². The molecule has 2 nitrogen and oxygen atoms in total. The molecule has 1 fully saturated rings. The molecule has 68 valence electrons. The minimum atomic E-state index is 0.136. The van der Waals surface area contributed by atoms with Gasteiger partial charge in [0, 0.05) is 12.3 Å². The Hall–Kier alpha value is -0.660. The second-order valence-electron chi connectivity index (χ2n) is 3.57. The zero-order valence-electron chi connectivity index (χ0n) is 7.80. The number of ketones is 2. The Morgan fingerprint density at radius 3 is 2.42 bits per heavy atom. The maximum atomic E-state index is 11.4. The summed E-state index contributed by atoms with van der Waals surface area (Å²) in [5, 5.41) is 0. The summed E-state index contributed by atoms with van der Waals surface area (Å²) in [6.07, 6.45) is 2.66. The summed E-state index contributed by atoms with van der Waals surface area (Å²) in [6, 6.07) is 0. The quantitative estimate of drug-likeness (QED) is 0.591. The highest BCUT2D eigenvalue weighted by molar-refractivity contribution is 6.02. The first-order valence-electron chi connectivity index (χ1n) is 4.73. The van der Waals surface area contributed by atoms with Crippen molar-refractivity contribution in [1.29, 1.82) is 0 Å². The molecule has 0 aromatic heterocycles. The average Bonchev–Trinajstić information content (AvgIpc) is 2.03. The van der Waals surface area contributed by atoms with Crippen molar-refractivity contribution in [3.8, 4) is 0 Å². The van der Waals surface area contributed by atoms with Crippen molar-refractivity contribution in [3.05, 3.63) is 0 Å². The molecule has 0 spiro atoms. The van der Waals surface area contributed by atoms with Crippen LogP contribution in [-0.2, 0) is 9.59 Å². The third kappa shape index (κ3) is 1.74. The molecular weight excluding hydrogens is 152 g/mol. The smallest absolute Gasteiger partial charge is 0.143 e. The van der Waals surface area contributed by atoms with Crippen molar-refractivity contribution in [2.24, 2.45) is 11.8 Å². The Morgan fingerprint density at radius 2 is 1.92 bits per heavy atom. The number of hydrogen-bond acceptors (Lipinski definition) is 2. The van der Waals surface area contributed by atoms with Crippen molar-refractivity contribution in [2.45, 2.75) is 39.5 Å². The van der Waals surface area contributed by atoms with Crippen molar-refractivity contribution in [1.82, 2.24) is 0 Å². The van der Waals surface area contributed by atoms with E-state index >= 15 is 0 Å². The topological polar surface area (TPSA) is 34.1 Å². The van der Waals surface area contributed by atoms with Gasteiger partial charge in [0.15, 0.2) is 0 Å². The summed E-state index contributed by atoms with van der Waals surface area (Å²) in [5.74, 6) is 0.786. The predicted molar refractivity (Wildman–Crippen MR) is 46.8 cm³/mol. The molecule has 0 radical (unpaired) electrons. The van der Waals surface area contributed by atoms with Crippen LogP contribution in [-0.4, -0.2) is 11.6 Å². The van der Waals surface area contributed by atoms with Crippen LogP contribution in [0.3, 0.4) is 0 Å². The number of carbonyl (C=O) groups excluding carboxylic acids is 2. The van der Waals surface area contributed by atoms with Crippen LogP contribution in [0.4, 0.5) is 0 Å². The Kier molecular flexibility index (Phi) is 3.01. The van der Waals surface area contributed by atoms with Gasteiger partial charge in [-0.1, -0.05) is 20.3 Å². The van der Waals surface area contributed by atoms with E-state index < -0.39 is 0 Å². The normalized spacial score (nSPS) is 30.8. The summed E-state index contributed by atoms with van der Waals surface area (Å²) >= 11 is 0. The van der Waals surface area contributed by atoms with E-state index in [1.807, 2.05) is 6.92 Å². The Morgan fingerprint density at radius 1 is 1.25 bits per heavy atom. The lowest BCUT2D eigenvalue weighted by atomic mass is 9.75. The minimum absolute atomic E-state index is 0.136. The Bertz CT molecular complexity index is 196. The van der Waals surface area contributed by atoms with Gasteiger partial charge in [0.2, 0.25) is 0 Å². The van der Waals surface area contributed by atoms with E-state index in [4.69, 9.17) is 0 Å². The highest BCUT2D eigenvalue weighted by atomic mass is 16.1. The molecule has 1 aliphatic carbocycles. The first-order chi connectivity index (χ1) is 5.69. The molecule has 0 aromatic carbocycles. The molecule has 1 aliphatic rings. The van der Waals surface area contributed by atoms with E-state index in [0.717, 1.165) is 12.8 Å². The van der Waals surface area contributed by atoms with Crippen LogP contribution in [0.5, 0.6) is 0 Å². The Labute approximate surface area is 73.3 Å². The van der Waals surface area contributed by atoms with Gasteiger partial charge >= 0.3 is 0 Å². The summed E-state index contributed by atoms with van der Waals surface area (Å²) in [7, 11) is 0. The SMILES string of the molecule is CCC1C(=O)CC(=O)C[C@H]1CC. The number of carbonyl (C=O) groups is 2. The van der Waals surface area contributed by atoms with Crippen molar-refractivity contribution in [3.63, 3.8) is 0 Å². The van der Waals surface area contributed by atoms with Gasteiger partial charge in [-0.15, -0.1) is 0 Å². The molecule has 1 rings (SSSR count). The van der Waals surface area contributed by atoms with Gasteiger partial charge in [0.25, 0.3) is 0 Å². The monoisotopic (exact) mass is 168 g/mol. The lowest BCUT2D eigenvalue weighted by Crippen LogP contribution is -2.32. The molecule has 0 saturated heterocycles. The van der Waals surface area contributed by atoms with Crippen molar-refractivity contribution >= 4 is 11.6 Å². The van der Waals surface area contributed by atoms with Crippen LogP contribution in [0, 0.1) is 11.8 Å². The highest BCUT2D eigenvalue weighted by Crippen LogP contribution is 2.29. The van der Waals surface area contributed by atoms with Crippen LogP contribution >= 0.6 is 0 Å². The van der Waals surface area contributed by atoms with Crippen molar-refractivity contribution < 1.29 is 9.59 Å². The number of hydrogen-bond donors (Lipinski definition) is 0. The fourth-order valence-electron chi connectivity index (χ4n) is 2.09. The first-order valence-corrected chi connectivity index (χ1v) is 4.73. The summed E-state index contributed by atoms with van der Waals surface area (Å²) in [5.41, 5.74) is 0. The van der Waals surface area contributed by atoms with Crippen molar-refractivity contribution in [2.75, 3.05) is 0 Å². The van der Waals surface area contributed by atoms with Gasteiger partial charge in [-0.3, -0.25) is 9.59 Å². The minimum Gasteiger partial charge on any atom is -0.299 e. The van der Waals surface area contributed by atoms with E-state index in [-0.39, 0.29) is 23.9 Å². The van der Waals surface area contributed by atoms with E-state index in [9.17, 15) is 9.59 Å². The van der Waals surface area contributed by atoms with Crippen LogP contribution < -0.4 is 0 Å². The summed E-state index contributed by atoms with van der Waals surface area (Å²) in [4.78, 5) is 22.5. The maximum absolute atomic E-state index is 11.4. The molecule has 2 atom stereocenters. The number of Topliss-reactive ketones (excluding diaryl/α,β-unsaturated/α-hetero) is 2. The standard InChI is InChI=1S/C10H16O2/c1-3-7-5-8(11)6-10(12)9(7)4-2/h7,9H,3-6H2,1-2H3/t7-,9?/m1/s1. The third-order valence-corrected chi connectivity index (χ3v) is 2.81. The zero-order valence-corrected chi connectivity index (χ0v) is 7.80. The van der Waals surface area contributed by atoms with E-state index in [1.165, 1.54) is 0 Å². The van der Waals surface area contributed by atoms with Crippen LogP contribution in [0.1, 0.15) is 39.5 Å². The largest absolute Gasteiger partial charge is 0.299 e. The van der Waals surface area contributed by atoms with Crippen LogP contribution in [0.15, 0.2) is 0 Å². The molecule has 12 heavy (non-hydrogen) atoms.